The van der Waals surface area contributed by atoms with Crippen LogP contribution in [-0.2, 0) is 16.9 Å². The molecule has 1 amide bonds. The van der Waals surface area contributed by atoms with Crippen molar-refractivity contribution >= 4 is 6.09 Å². The molecular weight excluding hydrogens is 302 g/mol. The van der Waals surface area contributed by atoms with Crippen molar-refractivity contribution in [2.45, 2.75) is 31.5 Å². The molecule has 4 nitrogen and oxygen atoms in total. The Labute approximate surface area is 142 Å². The van der Waals surface area contributed by atoms with Crippen LogP contribution in [0.25, 0.3) is 0 Å². The fourth-order valence-electron chi connectivity index (χ4n) is 3.15. The zero-order chi connectivity index (χ0) is 16.8. The van der Waals surface area contributed by atoms with Gasteiger partial charge in [0.25, 0.3) is 0 Å². The number of carbonyl (C=O) groups is 1. The summed E-state index contributed by atoms with van der Waals surface area (Å²) < 4.78 is 5.40. The van der Waals surface area contributed by atoms with Gasteiger partial charge in [-0.25, -0.2) is 4.79 Å². The van der Waals surface area contributed by atoms with Gasteiger partial charge in [-0.1, -0.05) is 60.7 Å². The van der Waals surface area contributed by atoms with Gasteiger partial charge in [0.1, 0.15) is 6.61 Å². The van der Waals surface area contributed by atoms with Gasteiger partial charge < -0.3 is 14.7 Å². The standard InChI is InChI=1S/C20H23NO3/c22-19(24-16-17-8-3-1-4-9-17)21-14-7-12-20(23,13-15-21)18-10-5-2-6-11-18/h1-6,8-11,23H,7,12-16H2. The third kappa shape index (κ3) is 3.95. The molecule has 1 heterocycles. The molecule has 0 spiro atoms. The Balaban J connectivity index is 1.58. The van der Waals surface area contributed by atoms with E-state index in [-0.39, 0.29) is 12.7 Å². The molecule has 1 N–H and O–H groups in total. The molecule has 1 unspecified atom stereocenters. The number of rotatable bonds is 3. The van der Waals surface area contributed by atoms with Crippen molar-refractivity contribution in [3.05, 3.63) is 71.8 Å². The normalized spacial score (nSPS) is 21.1. The Kier molecular flexibility index (Phi) is 5.16. The zero-order valence-corrected chi connectivity index (χ0v) is 13.7. The summed E-state index contributed by atoms with van der Waals surface area (Å²) in [6.45, 7) is 1.39. The molecule has 2 aromatic carbocycles. The smallest absolute Gasteiger partial charge is 0.410 e. The number of carbonyl (C=O) groups excluding carboxylic acids is 1. The number of benzene rings is 2. The number of likely N-dealkylation sites (tertiary alicyclic amines) is 1. The van der Waals surface area contributed by atoms with Gasteiger partial charge in [0, 0.05) is 13.1 Å². The number of hydrogen-bond acceptors (Lipinski definition) is 3. The first-order valence-corrected chi connectivity index (χ1v) is 8.41. The number of nitrogens with zero attached hydrogens (tertiary/aromatic N) is 1. The van der Waals surface area contributed by atoms with E-state index in [2.05, 4.69) is 0 Å². The molecule has 0 saturated carbocycles. The summed E-state index contributed by atoms with van der Waals surface area (Å²) in [5.41, 5.74) is 1.03. The number of aliphatic hydroxyl groups is 1. The van der Waals surface area contributed by atoms with Gasteiger partial charge in [0.05, 0.1) is 5.60 Å². The van der Waals surface area contributed by atoms with Crippen LogP contribution < -0.4 is 0 Å². The minimum atomic E-state index is -0.865. The van der Waals surface area contributed by atoms with Gasteiger partial charge in [-0.3, -0.25) is 0 Å². The summed E-state index contributed by atoms with van der Waals surface area (Å²) in [5.74, 6) is 0. The second kappa shape index (κ2) is 7.49. The summed E-state index contributed by atoms with van der Waals surface area (Å²) >= 11 is 0. The van der Waals surface area contributed by atoms with E-state index in [1.165, 1.54) is 0 Å². The number of amides is 1. The Morgan fingerprint density at radius 2 is 1.67 bits per heavy atom. The summed E-state index contributed by atoms with van der Waals surface area (Å²) in [6, 6.07) is 19.4. The van der Waals surface area contributed by atoms with Crippen molar-refractivity contribution < 1.29 is 14.6 Å². The van der Waals surface area contributed by atoms with Crippen molar-refractivity contribution in [1.82, 2.24) is 4.90 Å². The van der Waals surface area contributed by atoms with E-state index in [1.807, 2.05) is 60.7 Å². The lowest BCUT2D eigenvalue weighted by Crippen LogP contribution is -2.34. The maximum atomic E-state index is 12.3. The van der Waals surface area contributed by atoms with Crippen LogP contribution in [0.5, 0.6) is 0 Å². The molecule has 0 aliphatic carbocycles. The van der Waals surface area contributed by atoms with Crippen LogP contribution in [0.3, 0.4) is 0 Å². The lowest BCUT2D eigenvalue weighted by Gasteiger charge is -2.27. The van der Waals surface area contributed by atoms with Crippen molar-refractivity contribution in [2.75, 3.05) is 13.1 Å². The van der Waals surface area contributed by atoms with Crippen molar-refractivity contribution in [3.8, 4) is 0 Å². The summed E-state index contributed by atoms with van der Waals surface area (Å²) in [5, 5.41) is 11.0. The van der Waals surface area contributed by atoms with E-state index in [0.29, 0.717) is 25.9 Å². The highest BCUT2D eigenvalue weighted by atomic mass is 16.6. The van der Waals surface area contributed by atoms with Gasteiger partial charge in [-0.2, -0.15) is 0 Å². The summed E-state index contributed by atoms with van der Waals surface area (Å²) in [7, 11) is 0. The number of hydrogen-bond donors (Lipinski definition) is 1. The molecule has 0 radical (unpaired) electrons. The molecule has 4 heteroatoms. The largest absolute Gasteiger partial charge is 0.445 e. The maximum absolute atomic E-state index is 12.3. The van der Waals surface area contributed by atoms with Crippen LogP contribution in [0, 0.1) is 0 Å². The molecule has 0 bridgehead atoms. The maximum Gasteiger partial charge on any atom is 0.410 e. The first-order chi connectivity index (χ1) is 11.7. The molecule has 1 aliphatic rings. The fraction of sp³-hybridized carbons (Fsp3) is 0.350. The van der Waals surface area contributed by atoms with Crippen LogP contribution in [0.2, 0.25) is 0 Å². The molecule has 2 aromatic rings. The quantitative estimate of drug-likeness (QED) is 0.936. The Hall–Kier alpha value is -2.33. The van der Waals surface area contributed by atoms with E-state index in [4.69, 9.17) is 4.74 Å². The molecule has 126 valence electrons. The van der Waals surface area contributed by atoms with Gasteiger partial charge in [-0.05, 0) is 30.4 Å². The van der Waals surface area contributed by atoms with Crippen molar-refractivity contribution in [2.24, 2.45) is 0 Å². The lowest BCUT2D eigenvalue weighted by molar-refractivity contribution is 0.0207. The third-order valence-corrected chi connectivity index (χ3v) is 4.59. The second-order valence-electron chi connectivity index (χ2n) is 6.28. The van der Waals surface area contributed by atoms with Crippen molar-refractivity contribution in [1.29, 1.82) is 0 Å². The number of ether oxygens (including phenoxy) is 1. The summed E-state index contributed by atoms with van der Waals surface area (Å²) in [6.07, 6.45) is 1.62. The van der Waals surface area contributed by atoms with Crippen LogP contribution in [0.1, 0.15) is 30.4 Å². The van der Waals surface area contributed by atoms with Gasteiger partial charge in [0.15, 0.2) is 0 Å². The van der Waals surface area contributed by atoms with E-state index >= 15 is 0 Å². The Morgan fingerprint density at radius 3 is 2.38 bits per heavy atom. The summed E-state index contributed by atoms with van der Waals surface area (Å²) in [4.78, 5) is 14.0. The SMILES string of the molecule is O=C(OCc1ccccc1)N1CCCC(O)(c2ccccc2)CC1. The van der Waals surface area contributed by atoms with Gasteiger partial charge in [0.2, 0.25) is 0 Å². The minimum Gasteiger partial charge on any atom is -0.445 e. The van der Waals surface area contributed by atoms with Gasteiger partial charge in [-0.15, -0.1) is 0 Å². The van der Waals surface area contributed by atoms with E-state index in [1.54, 1.807) is 4.90 Å². The highest BCUT2D eigenvalue weighted by Crippen LogP contribution is 2.32. The van der Waals surface area contributed by atoms with E-state index < -0.39 is 5.60 Å². The monoisotopic (exact) mass is 325 g/mol. The topological polar surface area (TPSA) is 49.8 Å². The third-order valence-electron chi connectivity index (χ3n) is 4.59. The van der Waals surface area contributed by atoms with E-state index in [9.17, 15) is 9.90 Å². The molecule has 3 rings (SSSR count). The average molecular weight is 325 g/mol. The molecule has 24 heavy (non-hydrogen) atoms. The van der Waals surface area contributed by atoms with Gasteiger partial charge >= 0.3 is 6.09 Å². The molecule has 1 fully saturated rings. The molecule has 1 aliphatic heterocycles. The molecule has 1 saturated heterocycles. The van der Waals surface area contributed by atoms with E-state index in [0.717, 1.165) is 17.5 Å². The zero-order valence-electron chi connectivity index (χ0n) is 13.7. The second-order valence-corrected chi connectivity index (χ2v) is 6.28. The van der Waals surface area contributed by atoms with Crippen LogP contribution in [-0.4, -0.2) is 29.2 Å². The molecular formula is C20H23NO3. The first-order valence-electron chi connectivity index (χ1n) is 8.41. The van der Waals surface area contributed by atoms with Crippen molar-refractivity contribution in [3.63, 3.8) is 0 Å². The average Bonchev–Trinajstić information content (AvgIpc) is 2.84. The Morgan fingerprint density at radius 1 is 1.00 bits per heavy atom. The Bertz CT molecular complexity index is 659. The molecule has 0 aromatic heterocycles. The van der Waals surface area contributed by atoms with Crippen LogP contribution in [0.4, 0.5) is 4.79 Å². The lowest BCUT2D eigenvalue weighted by atomic mass is 9.87. The fourth-order valence-corrected chi connectivity index (χ4v) is 3.15. The minimum absolute atomic E-state index is 0.277. The highest BCUT2D eigenvalue weighted by molar-refractivity contribution is 5.67. The predicted octanol–water partition coefficient (Wildman–Crippen LogP) is 3.70. The van der Waals surface area contributed by atoms with Crippen LogP contribution >= 0.6 is 0 Å². The predicted molar refractivity (Wildman–Crippen MR) is 92.4 cm³/mol. The molecule has 1 atom stereocenters. The van der Waals surface area contributed by atoms with Crippen LogP contribution in [0.15, 0.2) is 60.7 Å². The highest BCUT2D eigenvalue weighted by Gasteiger charge is 2.33. The first kappa shape index (κ1) is 16.5.